The Labute approximate surface area is 138 Å². The number of hydrogen-bond donors (Lipinski definition) is 5. The van der Waals surface area contributed by atoms with Crippen molar-refractivity contribution < 1.29 is 64.5 Å². The van der Waals surface area contributed by atoms with Gasteiger partial charge in [0.05, 0.1) is 18.4 Å². The lowest BCUT2D eigenvalue weighted by Crippen LogP contribution is -2.61. The van der Waals surface area contributed by atoms with Gasteiger partial charge in [0.25, 0.3) is 0 Å². The molecule has 4 atom stereocenters. The van der Waals surface area contributed by atoms with Gasteiger partial charge in [0.15, 0.2) is 0 Å². The fourth-order valence-corrected chi connectivity index (χ4v) is 1.67. The molecule has 0 radical (unpaired) electrons. The Morgan fingerprint density at radius 3 is 2.00 bits per heavy atom. The summed E-state index contributed by atoms with van der Waals surface area (Å²) in [6, 6.07) is 0. The Kier molecular flexibility index (Phi) is 7.00. The van der Waals surface area contributed by atoms with Gasteiger partial charge in [-0.1, -0.05) is 6.92 Å². The summed E-state index contributed by atoms with van der Waals surface area (Å²) in [6.45, 7) is 1.20. The first-order valence-corrected chi connectivity index (χ1v) is 6.44. The number of aliphatic carboxylic acids is 4. The Balaban J connectivity index is 0.000000463. The highest BCUT2D eigenvalue weighted by Crippen LogP contribution is 2.27. The predicted octanol–water partition coefficient (Wildman–Crippen LogP) is -5.81. The molecule has 2 unspecified atom stereocenters. The second kappa shape index (κ2) is 7.87. The molecule has 25 heavy (non-hydrogen) atoms. The first-order chi connectivity index (χ1) is 11.2. The lowest BCUT2D eigenvalue weighted by atomic mass is 9.94. The topological polar surface area (TPSA) is 242 Å². The van der Waals surface area contributed by atoms with Crippen molar-refractivity contribution in [3.63, 3.8) is 0 Å². The van der Waals surface area contributed by atoms with E-state index in [2.05, 4.69) is 4.74 Å². The zero-order valence-corrected chi connectivity index (χ0v) is 12.6. The molecule has 1 aliphatic heterocycles. The van der Waals surface area contributed by atoms with Crippen molar-refractivity contribution in [1.82, 2.24) is 0 Å². The van der Waals surface area contributed by atoms with E-state index in [4.69, 9.17) is 20.4 Å². The highest BCUT2D eigenvalue weighted by molar-refractivity contribution is 5.95. The molecule has 1 rings (SSSR count). The maximum Gasteiger partial charge on any atom is 0.348 e. The number of cyclic esters (lactones) is 1. The molecule has 0 saturated carbocycles. The van der Waals surface area contributed by atoms with Crippen molar-refractivity contribution in [3.05, 3.63) is 0 Å². The van der Waals surface area contributed by atoms with E-state index >= 15 is 0 Å². The summed E-state index contributed by atoms with van der Waals surface area (Å²) in [5.41, 5.74) is -5.43. The Morgan fingerprint density at radius 1 is 1.32 bits per heavy atom. The summed E-state index contributed by atoms with van der Waals surface area (Å²) < 4.78 is 4.13. The standard InChI is InChI=1S/C6H6O7.C6H10O6/c7-2-1-6(12,5(10)11)3(13-2)4(8)9;1-2-6(12,5(10)11)3(7)4(8)9/h3,12H,1H2,(H,8,9)(H,10,11);3,7,12H,2H2,1H3,(H,8,9)(H,10,11)/p-2/t3-,6+;/m1./s1. The quantitative estimate of drug-likeness (QED) is 0.275. The van der Waals surface area contributed by atoms with Gasteiger partial charge in [-0.25, -0.2) is 9.59 Å². The maximum absolute atomic E-state index is 10.6. The molecule has 0 spiro atoms. The summed E-state index contributed by atoms with van der Waals surface area (Å²) >= 11 is 0. The van der Waals surface area contributed by atoms with Gasteiger partial charge in [-0.15, -0.1) is 0 Å². The summed E-state index contributed by atoms with van der Waals surface area (Å²) in [4.78, 5) is 51.6. The van der Waals surface area contributed by atoms with Gasteiger partial charge >= 0.3 is 17.9 Å². The Hall–Kier alpha value is -2.77. The average molecular weight is 366 g/mol. The lowest BCUT2D eigenvalue weighted by Gasteiger charge is -2.33. The maximum atomic E-state index is 10.6. The van der Waals surface area contributed by atoms with Crippen molar-refractivity contribution in [2.24, 2.45) is 0 Å². The molecule has 1 aliphatic rings. The van der Waals surface area contributed by atoms with Gasteiger partial charge in [-0.2, -0.15) is 0 Å². The predicted molar refractivity (Wildman–Crippen MR) is 66.0 cm³/mol. The molecule has 142 valence electrons. The Bertz CT molecular complexity index is 584. The summed E-state index contributed by atoms with van der Waals surface area (Å²) in [7, 11) is 0. The number of carbonyl (C=O) groups is 5. The summed E-state index contributed by atoms with van der Waals surface area (Å²) in [6.07, 6.45) is -5.84. The van der Waals surface area contributed by atoms with Crippen LogP contribution in [0.4, 0.5) is 0 Å². The number of ether oxygens (including phenoxy) is 1. The van der Waals surface area contributed by atoms with E-state index in [1.807, 2.05) is 0 Å². The van der Waals surface area contributed by atoms with Gasteiger partial charge in [-0.05, 0) is 6.42 Å². The molecule has 0 aromatic rings. The minimum absolute atomic E-state index is 0.482. The van der Waals surface area contributed by atoms with Crippen molar-refractivity contribution in [2.45, 2.75) is 43.2 Å². The molecule has 0 aromatic heterocycles. The average Bonchev–Trinajstić information content (AvgIpc) is 2.82. The third kappa shape index (κ3) is 4.62. The first-order valence-electron chi connectivity index (χ1n) is 6.44. The van der Waals surface area contributed by atoms with Crippen LogP contribution in [0.15, 0.2) is 0 Å². The minimum atomic E-state index is -2.78. The Morgan fingerprint density at radius 2 is 1.80 bits per heavy atom. The molecule has 5 N–H and O–H groups in total. The molecule has 0 bridgehead atoms. The zero-order valence-electron chi connectivity index (χ0n) is 12.6. The number of esters is 1. The molecule has 0 amide bonds. The zero-order chi connectivity index (χ0) is 20.2. The van der Waals surface area contributed by atoms with E-state index < -0.39 is 66.1 Å². The third-order valence-corrected chi connectivity index (χ3v) is 3.26. The van der Waals surface area contributed by atoms with Gasteiger partial charge in [0.1, 0.15) is 11.7 Å². The number of aliphatic hydroxyl groups is 3. The van der Waals surface area contributed by atoms with Gasteiger partial charge < -0.3 is 50.1 Å². The number of carboxylic acid groups (broad SMARTS) is 4. The van der Waals surface area contributed by atoms with Crippen LogP contribution in [-0.2, 0) is 28.7 Å². The van der Waals surface area contributed by atoms with Gasteiger partial charge in [-0.3, -0.25) is 4.79 Å². The van der Waals surface area contributed by atoms with Crippen molar-refractivity contribution in [2.75, 3.05) is 0 Å². The van der Waals surface area contributed by atoms with Crippen LogP contribution in [0.25, 0.3) is 0 Å². The molecular weight excluding hydrogens is 352 g/mol. The van der Waals surface area contributed by atoms with Gasteiger partial charge in [0.2, 0.25) is 11.7 Å². The highest BCUT2D eigenvalue weighted by atomic mass is 16.6. The molecule has 0 aromatic carbocycles. The van der Waals surface area contributed by atoms with Crippen LogP contribution in [0.5, 0.6) is 0 Å². The van der Waals surface area contributed by atoms with Crippen LogP contribution in [0.3, 0.4) is 0 Å². The smallest absolute Gasteiger partial charge is 0.348 e. The van der Waals surface area contributed by atoms with Crippen LogP contribution in [0, 0.1) is 0 Å². The van der Waals surface area contributed by atoms with Crippen molar-refractivity contribution >= 4 is 29.8 Å². The molecular formula is C12H14O13-2. The molecule has 13 heteroatoms. The van der Waals surface area contributed by atoms with E-state index in [0.717, 1.165) is 0 Å². The van der Waals surface area contributed by atoms with Crippen LogP contribution in [-0.4, -0.2) is 78.8 Å². The monoisotopic (exact) mass is 366 g/mol. The lowest BCUT2D eigenvalue weighted by molar-refractivity contribution is -0.345. The number of rotatable bonds is 6. The van der Waals surface area contributed by atoms with E-state index in [0.29, 0.717) is 0 Å². The fourth-order valence-electron chi connectivity index (χ4n) is 1.67. The third-order valence-electron chi connectivity index (χ3n) is 3.26. The van der Waals surface area contributed by atoms with Crippen LogP contribution in [0.2, 0.25) is 0 Å². The van der Waals surface area contributed by atoms with Crippen molar-refractivity contribution in [1.29, 1.82) is 0 Å². The molecule has 13 nitrogen and oxygen atoms in total. The normalized spacial score (nSPS) is 25.6. The summed E-state index contributed by atoms with van der Waals surface area (Å²) in [5.74, 6) is -8.61. The second-order valence-electron chi connectivity index (χ2n) is 4.90. The molecule has 0 aliphatic carbocycles. The number of hydrogen-bond acceptors (Lipinski definition) is 11. The number of carbonyl (C=O) groups excluding carboxylic acids is 3. The van der Waals surface area contributed by atoms with E-state index in [1.165, 1.54) is 6.92 Å². The SMILES string of the molecule is CCC(O)(C(=O)[O-])C(O)C(=O)[O-].O=C1C[C@@](O)(C(=O)O)[C@@H](C(=O)O)O1. The van der Waals surface area contributed by atoms with E-state index in [9.17, 15) is 39.3 Å². The van der Waals surface area contributed by atoms with Gasteiger partial charge in [0, 0.05) is 0 Å². The molecule has 1 saturated heterocycles. The minimum Gasteiger partial charge on any atom is -0.547 e. The van der Waals surface area contributed by atoms with Crippen LogP contribution >= 0.6 is 0 Å². The molecule has 1 heterocycles. The summed E-state index contributed by atoms with van der Waals surface area (Å²) in [5, 5.41) is 64.0. The fraction of sp³-hybridized carbons (Fsp3) is 0.583. The number of carboxylic acids is 4. The van der Waals surface area contributed by atoms with E-state index in [-0.39, 0.29) is 0 Å². The second-order valence-corrected chi connectivity index (χ2v) is 4.90. The number of aliphatic hydroxyl groups excluding tert-OH is 1. The van der Waals surface area contributed by atoms with Crippen LogP contribution < -0.4 is 10.2 Å². The van der Waals surface area contributed by atoms with Crippen LogP contribution in [0.1, 0.15) is 19.8 Å². The van der Waals surface area contributed by atoms with Crippen molar-refractivity contribution in [3.8, 4) is 0 Å². The largest absolute Gasteiger partial charge is 0.547 e. The highest BCUT2D eigenvalue weighted by Gasteiger charge is 2.58. The first kappa shape index (κ1) is 22.2. The van der Waals surface area contributed by atoms with E-state index in [1.54, 1.807) is 0 Å². The molecule has 1 fully saturated rings.